The lowest BCUT2D eigenvalue weighted by atomic mass is 10.0. The Morgan fingerprint density at radius 2 is 1.90 bits per heavy atom. The summed E-state index contributed by atoms with van der Waals surface area (Å²) in [6.07, 6.45) is 3.26. The third-order valence-electron chi connectivity index (χ3n) is 5.36. The average Bonchev–Trinajstić information content (AvgIpc) is 3.21. The van der Waals surface area contributed by atoms with E-state index in [9.17, 15) is 4.79 Å². The first kappa shape index (κ1) is 20.3. The van der Waals surface area contributed by atoms with E-state index < -0.39 is 0 Å². The number of pyridine rings is 1. The maximum Gasteiger partial charge on any atom is 0.257 e. The molecule has 0 spiro atoms. The van der Waals surface area contributed by atoms with Crippen LogP contribution in [0.4, 0.5) is 16.5 Å². The molecule has 1 aromatic carbocycles. The number of rotatable bonds is 5. The van der Waals surface area contributed by atoms with Crippen molar-refractivity contribution in [2.45, 2.75) is 26.7 Å². The molecule has 7 heteroatoms. The van der Waals surface area contributed by atoms with Gasteiger partial charge in [0, 0.05) is 44.0 Å². The molecule has 1 aliphatic heterocycles. The van der Waals surface area contributed by atoms with Gasteiger partial charge in [-0.05, 0) is 42.7 Å². The molecule has 0 saturated carbocycles. The van der Waals surface area contributed by atoms with Crippen LogP contribution in [0.2, 0.25) is 0 Å². The van der Waals surface area contributed by atoms with Crippen molar-refractivity contribution in [2.75, 3.05) is 41.3 Å². The van der Waals surface area contributed by atoms with E-state index in [0.717, 1.165) is 48.4 Å². The molecule has 3 aromatic rings. The van der Waals surface area contributed by atoms with Gasteiger partial charge in [0.15, 0.2) is 5.13 Å². The number of nitrogens with zero attached hydrogens (tertiary/aromatic N) is 4. The molecule has 4 rings (SSSR count). The van der Waals surface area contributed by atoms with Gasteiger partial charge < -0.3 is 15.1 Å². The average molecular weight is 422 g/mol. The highest BCUT2D eigenvalue weighted by molar-refractivity contribution is 7.13. The molecule has 1 N–H and O–H groups in total. The first-order valence-corrected chi connectivity index (χ1v) is 11.2. The van der Waals surface area contributed by atoms with Crippen LogP contribution in [0.3, 0.4) is 0 Å². The van der Waals surface area contributed by atoms with Crippen molar-refractivity contribution in [3.8, 4) is 0 Å². The molecule has 1 saturated heterocycles. The number of hydrogen-bond acceptors (Lipinski definition) is 6. The molecule has 30 heavy (non-hydrogen) atoms. The second kappa shape index (κ2) is 8.83. The highest BCUT2D eigenvalue weighted by Crippen LogP contribution is 2.32. The summed E-state index contributed by atoms with van der Waals surface area (Å²) in [5.41, 5.74) is 4.81. The number of benzene rings is 1. The van der Waals surface area contributed by atoms with Gasteiger partial charge in [-0.2, -0.15) is 0 Å². The number of carbonyl (C=O) groups is 1. The first-order valence-electron chi connectivity index (χ1n) is 10.3. The van der Waals surface area contributed by atoms with Crippen molar-refractivity contribution in [1.82, 2.24) is 9.97 Å². The molecule has 0 atom stereocenters. The van der Waals surface area contributed by atoms with E-state index in [1.807, 2.05) is 13.0 Å². The molecule has 1 amide bonds. The van der Waals surface area contributed by atoms with Crippen LogP contribution in [-0.4, -0.2) is 42.1 Å². The predicted octanol–water partition coefficient (Wildman–Crippen LogP) is 4.55. The Morgan fingerprint density at radius 3 is 2.53 bits per heavy atom. The van der Waals surface area contributed by atoms with E-state index in [1.165, 1.54) is 5.56 Å². The number of aromatic nitrogens is 2. The van der Waals surface area contributed by atoms with E-state index in [4.69, 9.17) is 0 Å². The Morgan fingerprint density at radius 1 is 1.13 bits per heavy atom. The lowest BCUT2D eigenvalue weighted by Crippen LogP contribution is -2.46. The Balaban J connectivity index is 1.55. The van der Waals surface area contributed by atoms with E-state index in [-0.39, 0.29) is 5.91 Å². The molecule has 0 bridgehead atoms. The predicted molar refractivity (Wildman–Crippen MR) is 124 cm³/mol. The summed E-state index contributed by atoms with van der Waals surface area (Å²) in [5.74, 6) is 0.282. The quantitative estimate of drug-likeness (QED) is 0.655. The summed E-state index contributed by atoms with van der Waals surface area (Å²) in [4.78, 5) is 26.1. The lowest BCUT2D eigenvalue weighted by molar-refractivity contribution is 0.102. The number of aryl methyl sites for hydroxylation is 1. The topological polar surface area (TPSA) is 61.4 Å². The maximum absolute atomic E-state index is 12.7. The Hall–Kier alpha value is -2.93. The third kappa shape index (κ3) is 4.46. The molecule has 0 unspecified atom stereocenters. The van der Waals surface area contributed by atoms with Crippen LogP contribution in [0.1, 0.15) is 41.4 Å². The van der Waals surface area contributed by atoms with Gasteiger partial charge in [-0.25, -0.2) is 4.98 Å². The van der Waals surface area contributed by atoms with Gasteiger partial charge in [0.05, 0.1) is 22.6 Å². The van der Waals surface area contributed by atoms with Crippen molar-refractivity contribution in [1.29, 1.82) is 0 Å². The van der Waals surface area contributed by atoms with Crippen LogP contribution >= 0.6 is 11.3 Å². The van der Waals surface area contributed by atoms with Gasteiger partial charge in [0.1, 0.15) is 0 Å². The monoisotopic (exact) mass is 421 g/mol. The standard InChI is InChI=1S/C23H27N5OS/c1-16(2)18-6-7-20(26-22(29)19-5-4-8-24-14-19)21(13-18)27-9-11-28(12-10-27)23-25-17(3)15-30-23/h4-8,13-16H,9-12H2,1-3H3,(H,26,29). The molecule has 0 radical (unpaired) electrons. The molecule has 1 aliphatic rings. The highest BCUT2D eigenvalue weighted by Gasteiger charge is 2.22. The summed E-state index contributed by atoms with van der Waals surface area (Å²) in [5, 5.41) is 6.28. The fourth-order valence-electron chi connectivity index (χ4n) is 3.59. The fourth-order valence-corrected chi connectivity index (χ4v) is 4.45. The van der Waals surface area contributed by atoms with Gasteiger partial charge in [0.2, 0.25) is 0 Å². The minimum absolute atomic E-state index is 0.140. The Bertz CT molecular complexity index is 1010. The summed E-state index contributed by atoms with van der Waals surface area (Å²) in [6.45, 7) is 10.0. The van der Waals surface area contributed by atoms with Crippen molar-refractivity contribution < 1.29 is 4.79 Å². The molecular formula is C23H27N5OS. The van der Waals surface area contributed by atoms with E-state index >= 15 is 0 Å². The zero-order valence-corrected chi connectivity index (χ0v) is 18.4. The van der Waals surface area contributed by atoms with Crippen LogP contribution in [0, 0.1) is 6.92 Å². The van der Waals surface area contributed by atoms with E-state index in [2.05, 4.69) is 56.4 Å². The van der Waals surface area contributed by atoms with Gasteiger partial charge in [-0.3, -0.25) is 9.78 Å². The fraction of sp³-hybridized carbons (Fsp3) is 0.348. The van der Waals surface area contributed by atoms with Gasteiger partial charge in [0.25, 0.3) is 5.91 Å². The van der Waals surface area contributed by atoms with Crippen LogP contribution in [0.5, 0.6) is 0 Å². The van der Waals surface area contributed by atoms with E-state index in [0.29, 0.717) is 11.5 Å². The normalized spacial score (nSPS) is 14.3. The molecular weight excluding hydrogens is 394 g/mol. The van der Waals surface area contributed by atoms with E-state index in [1.54, 1.807) is 35.9 Å². The number of piperazine rings is 1. The molecule has 1 fully saturated rings. The largest absolute Gasteiger partial charge is 0.366 e. The van der Waals surface area contributed by atoms with Crippen LogP contribution in [0.15, 0.2) is 48.1 Å². The minimum atomic E-state index is -0.140. The number of amides is 1. The molecule has 6 nitrogen and oxygen atoms in total. The smallest absolute Gasteiger partial charge is 0.257 e. The number of hydrogen-bond donors (Lipinski definition) is 1. The van der Waals surface area contributed by atoms with Gasteiger partial charge in [-0.1, -0.05) is 19.9 Å². The summed E-state index contributed by atoms with van der Waals surface area (Å²) >= 11 is 1.70. The third-order valence-corrected chi connectivity index (χ3v) is 6.38. The number of carbonyl (C=O) groups excluding carboxylic acids is 1. The highest BCUT2D eigenvalue weighted by atomic mass is 32.1. The first-order chi connectivity index (χ1) is 14.5. The molecule has 0 aliphatic carbocycles. The summed E-state index contributed by atoms with van der Waals surface area (Å²) in [6, 6.07) is 9.89. The maximum atomic E-state index is 12.7. The SMILES string of the molecule is Cc1csc(N2CCN(c3cc(C(C)C)ccc3NC(=O)c3cccnc3)CC2)n1. The number of nitrogens with one attached hydrogen (secondary N) is 1. The molecule has 3 heterocycles. The zero-order valence-electron chi connectivity index (χ0n) is 17.6. The zero-order chi connectivity index (χ0) is 21.1. The van der Waals surface area contributed by atoms with Crippen LogP contribution in [0.25, 0.3) is 0 Å². The van der Waals surface area contributed by atoms with Crippen molar-refractivity contribution in [2.24, 2.45) is 0 Å². The minimum Gasteiger partial charge on any atom is -0.366 e. The second-order valence-corrected chi connectivity index (χ2v) is 8.71. The summed E-state index contributed by atoms with van der Waals surface area (Å²) < 4.78 is 0. The number of anilines is 3. The van der Waals surface area contributed by atoms with Gasteiger partial charge in [-0.15, -0.1) is 11.3 Å². The Labute approximate surface area is 181 Å². The Kier molecular flexibility index (Phi) is 5.99. The van der Waals surface area contributed by atoms with Crippen LogP contribution in [-0.2, 0) is 0 Å². The van der Waals surface area contributed by atoms with Crippen molar-refractivity contribution >= 4 is 33.8 Å². The van der Waals surface area contributed by atoms with Gasteiger partial charge >= 0.3 is 0 Å². The van der Waals surface area contributed by atoms with Crippen molar-refractivity contribution in [3.63, 3.8) is 0 Å². The second-order valence-electron chi connectivity index (χ2n) is 7.87. The summed E-state index contributed by atoms with van der Waals surface area (Å²) in [7, 11) is 0. The molecule has 156 valence electrons. The van der Waals surface area contributed by atoms with Crippen LogP contribution < -0.4 is 15.1 Å². The lowest BCUT2D eigenvalue weighted by Gasteiger charge is -2.37. The van der Waals surface area contributed by atoms with Crippen molar-refractivity contribution in [3.05, 3.63) is 64.9 Å². The molecule has 2 aromatic heterocycles. The number of thiazole rings is 1.